The Hall–Kier alpha value is -1.51. The SMILES string of the molecule is CCC(=O)CC1(C(C)=O)C(C)CC2C3C(C)CC4=CC(=O)C=CC4(C)C3CCC21C. The molecule has 0 amide bonds. The normalized spacial score (nSPS) is 47.2. The van der Waals surface area contributed by atoms with E-state index in [1.54, 1.807) is 13.0 Å². The number of hydrogen-bond donors (Lipinski definition) is 0. The van der Waals surface area contributed by atoms with E-state index in [0.717, 1.165) is 25.7 Å². The summed E-state index contributed by atoms with van der Waals surface area (Å²) in [5.74, 6) is 2.80. The zero-order chi connectivity index (χ0) is 22.1. The van der Waals surface area contributed by atoms with Gasteiger partial charge >= 0.3 is 0 Å². The lowest BCUT2D eigenvalue weighted by Gasteiger charge is -2.60. The number of fused-ring (bicyclic) bond motifs is 5. The molecular formula is C27H38O3. The summed E-state index contributed by atoms with van der Waals surface area (Å²) in [5, 5.41) is 0. The van der Waals surface area contributed by atoms with Gasteiger partial charge in [0.2, 0.25) is 0 Å². The molecule has 4 aliphatic rings. The van der Waals surface area contributed by atoms with Gasteiger partial charge in [0.25, 0.3) is 0 Å². The van der Waals surface area contributed by atoms with Gasteiger partial charge in [0.15, 0.2) is 5.78 Å². The van der Waals surface area contributed by atoms with Gasteiger partial charge in [-0.2, -0.15) is 0 Å². The standard InChI is InChI=1S/C27H38O3/c1-7-20(29)15-27(18(4)28)17(3)13-23-24-16(2)12-19-14-21(30)8-10-25(19,5)22(24)9-11-26(23,27)6/h8,10,14,16-17,22-24H,7,9,11-13,15H2,1-6H3. The lowest BCUT2D eigenvalue weighted by molar-refractivity contribution is -0.150. The van der Waals surface area contributed by atoms with Crippen LogP contribution >= 0.6 is 0 Å². The minimum Gasteiger partial charge on any atom is -0.300 e. The molecule has 3 heteroatoms. The van der Waals surface area contributed by atoms with Crippen molar-refractivity contribution in [2.45, 2.75) is 80.1 Å². The molecule has 0 spiro atoms. The van der Waals surface area contributed by atoms with Gasteiger partial charge in [0, 0.05) is 23.7 Å². The van der Waals surface area contributed by atoms with Crippen molar-refractivity contribution in [1.82, 2.24) is 0 Å². The van der Waals surface area contributed by atoms with Crippen LogP contribution in [0.25, 0.3) is 0 Å². The highest BCUT2D eigenvalue weighted by molar-refractivity contribution is 6.01. The predicted molar refractivity (Wildman–Crippen MR) is 119 cm³/mol. The minimum absolute atomic E-state index is 0.0453. The second-order valence-corrected chi connectivity index (χ2v) is 11.3. The van der Waals surface area contributed by atoms with E-state index in [4.69, 9.17) is 0 Å². The topological polar surface area (TPSA) is 51.2 Å². The van der Waals surface area contributed by atoms with Crippen LogP contribution in [-0.2, 0) is 14.4 Å². The molecule has 0 heterocycles. The Morgan fingerprint density at radius 2 is 1.87 bits per heavy atom. The summed E-state index contributed by atoms with van der Waals surface area (Å²) >= 11 is 0. The number of rotatable bonds is 4. The molecule has 4 aliphatic carbocycles. The number of carbonyl (C=O) groups is 3. The summed E-state index contributed by atoms with van der Waals surface area (Å²) in [7, 11) is 0. The van der Waals surface area contributed by atoms with E-state index >= 15 is 0 Å². The highest BCUT2D eigenvalue weighted by atomic mass is 16.1. The molecule has 0 aromatic heterocycles. The summed E-state index contributed by atoms with van der Waals surface area (Å²) in [5.41, 5.74) is 0.614. The fourth-order valence-electron chi connectivity index (χ4n) is 8.69. The van der Waals surface area contributed by atoms with Crippen LogP contribution in [0.1, 0.15) is 80.1 Å². The van der Waals surface area contributed by atoms with Crippen LogP contribution in [0.4, 0.5) is 0 Å². The molecule has 8 unspecified atom stereocenters. The molecule has 0 aliphatic heterocycles. The van der Waals surface area contributed by atoms with E-state index in [1.807, 2.05) is 13.0 Å². The summed E-state index contributed by atoms with van der Waals surface area (Å²) < 4.78 is 0. The van der Waals surface area contributed by atoms with Crippen molar-refractivity contribution >= 4 is 17.3 Å². The molecule has 3 nitrogen and oxygen atoms in total. The van der Waals surface area contributed by atoms with Gasteiger partial charge in [-0.3, -0.25) is 14.4 Å². The number of ketones is 3. The van der Waals surface area contributed by atoms with E-state index in [9.17, 15) is 14.4 Å². The highest BCUT2D eigenvalue weighted by Crippen LogP contribution is 2.72. The van der Waals surface area contributed by atoms with Crippen LogP contribution in [0.2, 0.25) is 0 Å². The van der Waals surface area contributed by atoms with Crippen LogP contribution in [0.3, 0.4) is 0 Å². The molecule has 30 heavy (non-hydrogen) atoms. The van der Waals surface area contributed by atoms with Crippen molar-refractivity contribution in [3.63, 3.8) is 0 Å². The van der Waals surface area contributed by atoms with Crippen molar-refractivity contribution < 1.29 is 14.4 Å². The number of hydrogen-bond acceptors (Lipinski definition) is 3. The van der Waals surface area contributed by atoms with Gasteiger partial charge in [-0.05, 0) is 79.8 Å². The molecule has 0 N–H and O–H groups in total. The fraction of sp³-hybridized carbons (Fsp3) is 0.741. The summed E-state index contributed by atoms with van der Waals surface area (Å²) in [6.45, 7) is 12.9. The van der Waals surface area contributed by atoms with Crippen LogP contribution in [0.15, 0.2) is 23.8 Å². The van der Waals surface area contributed by atoms with Crippen molar-refractivity contribution in [1.29, 1.82) is 0 Å². The van der Waals surface area contributed by atoms with Gasteiger partial charge < -0.3 is 0 Å². The summed E-state index contributed by atoms with van der Waals surface area (Å²) in [6, 6.07) is 0. The van der Waals surface area contributed by atoms with E-state index in [-0.39, 0.29) is 34.1 Å². The second-order valence-electron chi connectivity index (χ2n) is 11.3. The molecule has 3 fully saturated rings. The molecule has 0 radical (unpaired) electrons. The first-order valence-corrected chi connectivity index (χ1v) is 12.0. The maximum Gasteiger partial charge on any atom is 0.178 e. The zero-order valence-electron chi connectivity index (χ0n) is 19.6. The molecular weight excluding hydrogens is 372 g/mol. The lowest BCUT2D eigenvalue weighted by atomic mass is 9.43. The van der Waals surface area contributed by atoms with Crippen LogP contribution in [-0.4, -0.2) is 17.3 Å². The molecule has 0 aromatic carbocycles. The third-order valence-corrected chi connectivity index (χ3v) is 10.3. The third-order valence-electron chi connectivity index (χ3n) is 10.3. The van der Waals surface area contributed by atoms with Crippen molar-refractivity contribution in [3.8, 4) is 0 Å². The van der Waals surface area contributed by atoms with Crippen molar-refractivity contribution in [2.24, 2.45) is 45.8 Å². The molecule has 4 rings (SSSR count). The Labute approximate surface area is 181 Å². The van der Waals surface area contributed by atoms with E-state index in [0.29, 0.717) is 36.5 Å². The average Bonchev–Trinajstić information content (AvgIpc) is 2.91. The number of allylic oxidation sites excluding steroid dienone is 4. The van der Waals surface area contributed by atoms with E-state index in [1.165, 1.54) is 5.57 Å². The Bertz CT molecular complexity index is 850. The summed E-state index contributed by atoms with van der Waals surface area (Å²) in [6.07, 6.45) is 10.8. The maximum atomic E-state index is 13.2. The zero-order valence-corrected chi connectivity index (χ0v) is 19.6. The Kier molecular flexibility index (Phi) is 5.07. The van der Waals surface area contributed by atoms with Gasteiger partial charge in [0.05, 0.1) is 0 Å². The quantitative estimate of drug-likeness (QED) is 0.594. The van der Waals surface area contributed by atoms with E-state index in [2.05, 4.69) is 33.8 Å². The molecule has 3 saturated carbocycles. The first-order valence-electron chi connectivity index (χ1n) is 12.0. The monoisotopic (exact) mass is 410 g/mol. The maximum absolute atomic E-state index is 13.2. The van der Waals surface area contributed by atoms with Gasteiger partial charge in [-0.15, -0.1) is 0 Å². The van der Waals surface area contributed by atoms with Crippen LogP contribution < -0.4 is 0 Å². The second kappa shape index (κ2) is 7.00. The predicted octanol–water partition coefficient (Wildman–Crippen LogP) is 5.73. The lowest BCUT2D eigenvalue weighted by Crippen LogP contribution is -2.56. The number of Topliss-reactive ketones (excluding diaryl/α,β-unsaturated/α-hetero) is 2. The van der Waals surface area contributed by atoms with Crippen molar-refractivity contribution in [3.05, 3.63) is 23.8 Å². The van der Waals surface area contributed by atoms with Gasteiger partial charge in [0.1, 0.15) is 11.6 Å². The molecule has 8 atom stereocenters. The smallest absolute Gasteiger partial charge is 0.178 e. The average molecular weight is 411 g/mol. The van der Waals surface area contributed by atoms with Crippen LogP contribution in [0, 0.1) is 45.8 Å². The summed E-state index contributed by atoms with van der Waals surface area (Å²) in [4.78, 5) is 38.0. The number of carbonyl (C=O) groups excluding carboxylic acids is 3. The van der Waals surface area contributed by atoms with Crippen molar-refractivity contribution in [2.75, 3.05) is 0 Å². The Balaban J connectivity index is 1.78. The molecule has 0 bridgehead atoms. The third kappa shape index (κ3) is 2.66. The van der Waals surface area contributed by atoms with E-state index < -0.39 is 5.41 Å². The molecule has 164 valence electrons. The largest absolute Gasteiger partial charge is 0.300 e. The Morgan fingerprint density at radius 3 is 2.50 bits per heavy atom. The molecule has 0 aromatic rings. The van der Waals surface area contributed by atoms with Gasteiger partial charge in [-0.25, -0.2) is 0 Å². The fourth-order valence-corrected chi connectivity index (χ4v) is 8.69. The van der Waals surface area contributed by atoms with Gasteiger partial charge in [-0.1, -0.05) is 46.3 Å². The molecule has 0 saturated heterocycles. The first kappa shape index (κ1) is 21.7. The van der Waals surface area contributed by atoms with Crippen LogP contribution in [0.5, 0.6) is 0 Å². The highest BCUT2D eigenvalue weighted by Gasteiger charge is 2.69. The Morgan fingerprint density at radius 1 is 1.17 bits per heavy atom. The first-order chi connectivity index (χ1) is 14.0. The minimum atomic E-state index is -0.523.